The molecule has 1 amide bonds. The minimum Gasteiger partial charge on any atom is -0.493 e. The van der Waals surface area contributed by atoms with E-state index in [1.165, 1.54) is 29.6 Å². The van der Waals surface area contributed by atoms with Crippen LogP contribution in [0.1, 0.15) is 62.6 Å². The average molecular weight is 576 g/mol. The molecule has 40 heavy (non-hydrogen) atoms. The number of amides is 1. The van der Waals surface area contributed by atoms with E-state index < -0.39 is 21.4 Å². The van der Waals surface area contributed by atoms with Gasteiger partial charge in [0, 0.05) is 36.8 Å². The standard InChI is InChI=1S/C27H34FN5O6S/c1-6-32-25-22-21(24(38-5)23-27(35)30(16(2)3)14-17(4)33(22)23)26(34)31(29-25)15-18-9-10-19(28)13-20(18)39-11-7-8-12-40(32,36)37/h9-10,13,16-17H,6-8,11-12,14-15H2,1-5H3. The number of nitrogens with zero attached hydrogens (tertiary/aromatic N) is 5. The molecule has 2 aliphatic heterocycles. The van der Waals surface area contributed by atoms with Crippen molar-refractivity contribution < 1.29 is 27.1 Å². The van der Waals surface area contributed by atoms with Gasteiger partial charge in [-0.15, -0.1) is 5.10 Å². The van der Waals surface area contributed by atoms with Gasteiger partial charge in [-0.05, 0) is 46.6 Å². The highest BCUT2D eigenvalue weighted by Crippen LogP contribution is 2.41. The molecule has 0 spiro atoms. The van der Waals surface area contributed by atoms with Crippen molar-refractivity contribution in [3.05, 3.63) is 45.6 Å². The Balaban J connectivity index is 1.89. The number of carbonyl (C=O) groups is 1. The molecule has 1 unspecified atom stereocenters. The van der Waals surface area contributed by atoms with Gasteiger partial charge in [-0.1, -0.05) is 6.07 Å². The number of fused-ring (bicyclic) bond motifs is 7. The van der Waals surface area contributed by atoms with Gasteiger partial charge in [0.25, 0.3) is 11.5 Å². The molecule has 3 aromatic rings. The van der Waals surface area contributed by atoms with Crippen LogP contribution in [0.15, 0.2) is 23.0 Å². The van der Waals surface area contributed by atoms with Crippen LogP contribution in [0.2, 0.25) is 0 Å². The number of aromatic nitrogens is 3. The van der Waals surface area contributed by atoms with E-state index in [9.17, 15) is 22.4 Å². The minimum atomic E-state index is -3.88. The molecule has 0 saturated heterocycles. The van der Waals surface area contributed by atoms with Crippen LogP contribution in [0.25, 0.3) is 10.9 Å². The Hall–Kier alpha value is -3.61. The molecule has 2 bridgehead atoms. The summed E-state index contributed by atoms with van der Waals surface area (Å²) in [5.74, 6) is -0.612. The lowest BCUT2D eigenvalue weighted by atomic mass is 10.1. The van der Waals surface area contributed by atoms with Gasteiger partial charge in [0.05, 0.1) is 26.0 Å². The summed E-state index contributed by atoms with van der Waals surface area (Å²) < 4.78 is 57.0. The van der Waals surface area contributed by atoms with Gasteiger partial charge in [-0.3, -0.25) is 13.9 Å². The van der Waals surface area contributed by atoms with Crippen LogP contribution in [-0.4, -0.2) is 72.2 Å². The highest BCUT2D eigenvalue weighted by atomic mass is 32.2. The second-order valence-electron chi connectivity index (χ2n) is 10.5. The molecule has 1 aromatic carbocycles. The molecule has 0 N–H and O–H groups in total. The van der Waals surface area contributed by atoms with Crippen molar-refractivity contribution in [1.29, 1.82) is 0 Å². The molecular formula is C27H34FN5O6S. The lowest BCUT2D eigenvalue weighted by Gasteiger charge is -2.36. The maximum atomic E-state index is 14.1. The van der Waals surface area contributed by atoms with Gasteiger partial charge in [-0.25, -0.2) is 17.5 Å². The van der Waals surface area contributed by atoms with E-state index in [1.54, 1.807) is 16.4 Å². The topological polar surface area (TPSA) is 116 Å². The fourth-order valence-electron chi connectivity index (χ4n) is 5.58. The van der Waals surface area contributed by atoms with Crippen LogP contribution >= 0.6 is 0 Å². The third-order valence-electron chi connectivity index (χ3n) is 7.49. The van der Waals surface area contributed by atoms with Crippen molar-refractivity contribution in [2.24, 2.45) is 0 Å². The number of benzene rings is 1. The molecule has 0 saturated carbocycles. The lowest BCUT2D eigenvalue weighted by molar-refractivity contribution is 0.0615. The molecule has 4 heterocycles. The predicted octanol–water partition coefficient (Wildman–Crippen LogP) is 3.15. The Morgan fingerprint density at radius 1 is 1.23 bits per heavy atom. The van der Waals surface area contributed by atoms with Crippen LogP contribution in [0, 0.1) is 5.82 Å². The Bertz CT molecular complexity index is 1650. The van der Waals surface area contributed by atoms with Crippen molar-refractivity contribution in [2.45, 2.75) is 59.2 Å². The summed E-state index contributed by atoms with van der Waals surface area (Å²) in [6.07, 6.45) is 0.734. The highest BCUT2D eigenvalue weighted by molar-refractivity contribution is 7.92. The van der Waals surface area contributed by atoms with E-state index in [2.05, 4.69) is 5.10 Å². The molecule has 11 nitrogen and oxygen atoms in total. The van der Waals surface area contributed by atoms with Crippen LogP contribution in [0.3, 0.4) is 0 Å². The van der Waals surface area contributed by atoms with Gasteiger partial charge >= 0.3 is 0 Å². The zero-order valence-electron chi connectivity index (χ0n) is 23.3. The molecule has 5 rings (SSSR count). The summed E-state index contributed by atoms with van der Waals surface area (Å²) in [5.41, 5.74) is 0.369. The van der Waals surface area contributed by atoms with Crippen molar-refractivity contribution in [3.8, 4) is 11.5 Å². The normalized spacial score (nSPS) is 19.4. The fraction of sp³-hybridized carbons (Fsp3) is 0.519. The Morgan fingerprint density at radius 3 is 2.65 bits per heavy atom. The van der Waals surface area contributed by atoms with E-state index in [1.807, 2.05) is 20.8 Å². The van der Waals surface area contributed by atoms with Crippen LogP contribution in [-0.2, 0) is 16.6 Å². The number of hydrogen-bond acceptors (Lipinski definition) is 7. The molecule has 13 heteroatoms. The van der Waals surface area contributed by atoms with Gasteiger partial charge in [0.2, 0.25) is 10.0 Å². The molecule has 216 valence electrons. The lowest BCUT2D eigenvalue weighted by Crippen LogP contribution is -2.46. The first-order valence-corrected chi connectivity index (χ1v) is 15.1. The second-order valence-corrected chi connectivity index (χ2v) is 12.5. The Labute approximate surface area is 232 Å². The maximum absolute atomic E-state index is 14.1. The third-order valence-corrected chi connectivity index (χ3v) is 9.40. The SMILES string of the molecule is CCN1c2nn(c(=O)c3c(OC)c4n(c23)C(C)CN(C(C)C)C4=O)Cc2ccc(F)cc2OCCCCS1(=O)=O. The smallest absolute Gasteiger partial charge is 0.280 e. The van der Waals surface area contributed by atoms with Gasteiger partial charge in [0.15, 0.2) is 17.3 Å². The summed E-state index contributed by atoms with van der Waals surface area (Å²) in [4.78, 5) is 29.5. The summed E-state index contributed by atoms with van der Waals surface area (Å²) >= 11 is 0. The monoisotopic (exact) mass is 575 g/mol. The zero-order chi connectivity index (χ0) is 28.9. The van der Waals surface area contributed by atoms with E-state index in [4.69, 9.17) is 9.47 Å². The zero-order valence-corrected chi connectivity index (χ0v) is 24.1. The number of rotatable bonds is 3. The fourth-order valence-corrected chi connectivity index (χ4v) is 7.15. The molecular weight excluding hydrogens is 541 g/mol. The first-order chi connectivity index (χ1) is 19.0. The van der Waals surface area contributed by atoms with Crippen LogP contribution in [0.5, 0.6) is 11.5 Å². The number of sulfonamides is 1. The number of carbonyl (C=O) groups excluding carboxylic acids is 1. The Morgan fingerprint density at radius 2 is 1.98 bits per heavy atom. The van der Waals surface area contributed by atoms with Gasteiger partial charge in [-0.2, -0.15) is 0 Å². The summed E-state index contributed by atoms with van der Waals surface area (Å²) in [6.45, 7) is 7.94. The maximum Gasteiger partial charge on any atom is 0.280 e. The predicted molar refractivity (Wildman–Crippen MR) is 148 cm³/mol. The third kappa shape index (κ3) is 4.49. The Kier molecular flexibility index (Phi) is 7.28. The van der Waals surface area contributed by atoms with E-state index >= 15 is 0 Å². The molecule has 0 fully saturated rings. The first kappa shape index (κ1) is 27.9. The van der Waals surface area contributed by atoms with Crippen molar-refractivity contribution in [3.63, 3.8) is 0 Å². The first-order valence-electron chi connectivity index (χ1n) is 13.5. The average Bonchev–Trinajstić information content (AvgIpc) is 3.26. The van der Waals surface area contributed by atoms with Gasteiger partial charge in [0.1, 0.15) is 22.5 Å². The van der Waals surface area contributed by atoms with Crippen LogP contribution < -0.4 is 19.3 Å². The van der Waals surface area contributed by atoms with Crippen LogP contribution in [0.4, 0.5) is 10.2 Å². The molecule has 1 atom stereocenters. The van der Waals surface area contributed by atoms with E-state index in [0.717, 1.165) is 4.68 Å². The number of anilines is 1. The minimum absolute atomic E-state index is 0.0446. The summed E-state index contributed by atoms with van der Waals surface area (Å²) in [5, 5.41) is 4.67. The molecule has 2 aliphatic rings. The number of halogens is 1. The second kappa shape index (κ2) is 10.4. The highest BCUT2D eigenvalue weighted by Gasteiger charge is 2.40. The summed E-state index contributed by atoms with van der Waals surface area (Å²) in [7, 11) is -2.49. The van der Waals surface area contributed by atoms with E-state index in [0.29, 0.717) is 24.9 Å². The summed E-state index contributed by atoms with van der Waals surface area (Å²) in [6, 6.07) is 3.64. The molecule has 2 aromatic heterocycles. The number of methoxy groups -OCH3 is 1. The molecule has 0 aliphatic carbocycles. The van der Waals surface area contributed by atoms with Crippen molar-refractivity contribution >= 4 is 32.7 Å². The quantitative estimate of drug-likeness (QED) is 0.471. The van der Waals surface area contributed by atoms with Crippen molar-refractivity contribution in [2.75, 3.05) is 36.9 Å². The molecule has 0 radical (unpaired) electrons. The van der Waals surface area contributed by atoms with E-state index in [-0.39, 0.29) is 77.4 Å². The number of ether oxygens (including phenoxy) is 2. The van der Waals surface area contributed by atoms with Crippen molar-refractivity contribution in [1.82, 2.24) is 19.2 Å². The number of hydrogen-bond donors (Lipinski definition) is 0. The van der Waals surface area contributed by atoms with Gasteiger partial charge < -0.3 is 18.9 Å². The largest absolute Gasteiger partial charge is 0.493 e.